The summed E-state index contributed by atoms with van der Waals surface area (Å²) >= 11 is 0. The van der Waals surface area contributed by atoms with E-state index < -0.39 is 17.6 Å². The molecule has 0 atom stereocenters. The Kier molecular flexibility index (Phi) is 3.17. The molecular formula is C16H11F2NO2. The Morgan fingerprint density at radius 1 is 1.14 bits per heavy atom. The van der Waals surface area contributed by atoms with Gasteiger partial charge in [-0.2, -0.15) is 0 Å². The van der Waals surface area contributed by atoms with Gasteiger partial charge in [0.05, 0.1) is 12.1 Å². The second-order valence-corrected chi connectivity index (χ2v) is 4.74. The quantitative estimate of drug-likeness (QED) is 0.798. The zero-order valence-corrected chi connectivity index (χ0v) is 10.9. The number of carboxylic acid groups (broad SMARTS) is 1. The normalized spacial score (nSPS) is 11.0. The standard InChI is InChI=1S/C16H11F2NO2/c17-13-3-1-2-12(15(13)18)9-19-7-6-10-4-5-11(16(20)21)8-14(10)19/h1-8H,9H2,(H,20,21). The number of benzene rings is 2. The minimum Gasteiger partial charge on any atom is -0.478 e. The molecule has 0 saturated heterocycles. The molecular weight excluding hydrogens is 276 g/mol. The van der Waals surface area contributed by atoms with E-state index in [0.717, 1.165) is 11.5 Å². The van der Waals surface area contributed by atoms with Crippen molar-refractivity contribution in [2.24, 2.45) is 0 Å². The van der Waals surface area contributed by atoms with Gasteiger partial charge in [-0.1, -0.05) is 18.2 Å². The second kappa shape index (κ2) is 5.01. The van der Waals surface area contributed by atoms with Crippen LogP contribution in [0.2, 0.25) is 0 Å². The van der Waals surface area contributed by atoms with Crippen LogP contribution in [0.4, 0.5) is 8.78 Å². The Balaban J connectivity index is 2.06. The van der Waals surface area contributed by atoms with Crippen LogP contribution < -0.4 is 0 Å². The third-order valence-corrected chi connectivity index (χ3v) is 3.39. The van der Waals surface area contributed by atoms with E-state index in [4.69, 9.17) is 5.11 Å². The Morgan fingerprint density at radius 2 is 1.95 bits per heavy atom. The van der Waals surface area contributed by atoms with Crippen LogP contribution in [-0.4, -0.2) is 15.6 Å². The van der Waals surface area contributed by atoms with Gasteiger partial charge in [0, 0.05) is 17.3 Å². The molecule has 0 bridgehead atoms. The van der Waals surface area contributed by atoms with Gasteiger partial charge in [0.2, 0.25) is 0 Å². The van der Waals surface area contributed by atoms with Gasteiger partial charge in [-0.05, 0) is 29.7 Å². The molecule has 2 aromatic carbocycles. The predicted molar refractivity (Wildman–Crippen MR) is 74.4 cm³/mol. The van der Waals surface area contributed by atoms with Gasteiger partial charge in [0.15, 0.2) is 11.6 Å². The molecule has 0 amide bonds. The maximum Gasteiger partial charge on any atom is 0.335 e. The molecule has 1 N–H and O–H groups in total. The molecule has 0 aliphatic rings. The highest BCUT2D eigenvalue weighted by Crippen LogP contribution is 2.20. The van der Waals surface area contributed by atoms with Gasteiger partial charge in [0.25, 0.3) is 0 Å². The number of fused-ring (bicyclic) bond motifs is 1. The van der Waals surface area contributed by atoms with E-state index in [1.54, 1.807) is 22.9 Å². The van der Waals surface area contributed by atoms with E-state index in [9.17, 15) is 13.6 Å². The molecule has 0 fully saturated rings. The van der Waals surface area contributed by atoms with E-state index in [1.165, 1.54) is 24.3 Å². The van der Waals surface area contributed by atoms with Gasteiger partial charge >= 0.3 is 5.97 Å². The SMILES string of the molecule is O=C(O)c1ccc2ccn(Cc3cccc(F)c3F)c2c1. The number of nitrogens with zero attached hydrogens (tertiary/aromatic N) is 1. The summed E-state index contributed by atoms with van der Waals surface area (Å²) in [6.45, 7) is 0.135. The average Bonchev–Trinajstić information content (AvgIpc) is 2.86. The van der Waals surface area contributed by atoms with Crippen molar-refractivity contribution in [1.82, 2.24) is 4.57 Å². The summed E-state index contributed by atoms with van der Waals surface area (Å²) in [6.07, 6.45) is 1.72. The van der Waals surface area contributed by atoms with Crippen molar-refractivity contribution in [3.63, 3.8) is 0 Å². The summed E-state index contributed by atoms with van der Waals surface area (Å²) in [4.78, 5) is 11.0. The molecule has 3 rings (SSSR count). The van der Waals surface area contributed by atoms with Gasteiger partial charge < -0.3 is 9.67 Å². The molecule has 0 radical (unpaired) electrons. The van der Waals surface area contributed by atoms with E-state index in [2.05, 4.69) is 0 Å². The Labute approximate surface area is 119 Å². The fraction of sp³-hybridized carbons (Fsp3) is 0.0625. The molecule has 1 aromatic heterocycles. The zero-order chi connectivity index (χ0) is 15.0. The van der Waals surface area contributed by atoms with Gasteiger partial charge in [-0.15, -0.1) is 0 Å². The topological polar surface area (TPSA) is 42.2 Å². The molecule has 5 heteroatoms. The van der Waals surface area contributed by atoms with E-state index in [-0.39, 0.29) is 17.7 Å². The third-order valence-electron chi connectivity index (χ3n) is 3.39. The number of hydrogen-bond acceptors (Lipinski definition) is 1. The lowest BCUT2D eigenvalue weighted by Crippen LogP contribution is -2.03. The van der Waals surface area contributed by atoms with Crippen LogP contribution in [0, 0.1) is 11.6 Å². The van der Waals surface area contributed by atoms with Crippen LogP contribution in [0.5, 0.6) is 0 Å². The highest BCUT2D eigenvalue weighted by atomic mass is 19.2. The highest BCUT2D eigenvalue weighted by molar-refractivity contribution is 5.93. The van der Waals surface area contributed by atoms with Gasteiger partial charge in [-0.25, -0.2) is 13.6 Å². The first-order valence-electron chi connectivity index (χ1n) is 6.31. The molecule has 106 valence electrons. The fourth-order valence-corrected chi connectivity index (χ4v) is 2.31. The van der Waals surface area contributed by atoms with Crippen molar-refractivity contribution in [3.8, 4) is 0 Å². The monoisotopic (exact) mass is 287 g/mol. The fourth-order valence-electron chi connectivity index (χ4n) is 2.31. The summed E-state index contributed by atoms with van der Waals surface area (Å²) in [6, 6.07) is 10.5. The second-order valence-electron chi connectivity index (χ2n) is 4.74. The number of halogens is 2. The minimum absolute atomic E-state index is 0.135. The number of carbonyl (C=O) groups is 1. The molecule has 21 heavy (non-hydrogen) atoms. The molecule has 0 aliphatic heterocycles. The lowest BCUT2D eigenvalue weighted by Gasteiger charge is -2.08. The Bertz CT molecular complexity index is 839. The summed E-state index contributed by atoms with van der Waals surface area (Å²) in [5.41, 5.74) is 1.04. The first kappa shape index (κ1) is 13.3. The predicted octanol–water partition coefficient (Wildman–Crippen LogP) is 3.67. The lowest BCUT2D eigenvalue weighted by atomic mass is 10.1. The molecule has 1 heterocycles. The van der Waals surface area contributed by atoms with Crippen LogP contribution in [0.15, 0.2) is 48.7 Å². The Morgan fingerprint density at radius 3 is 2.71 bits per heavy atom. The van der Waals surface area contributed by atoms with Crippen LogP contribution in [0.3, 0.4) is 0 Å². The van der Waals surface area contributed by atoms with Crippen molar-refractivity contribution in [1.29, 1.82) is 0 Å². The van der Waals surface area contributed by atoms with Crippen LogP contribution in [0.25, 0.3) is 10.9 Å². The van der Waals surface area contributed by atoms with E-state index in [0.29, 0.717) is 5.52 Å². The highest BCUT2D eigenvalue weighted by Gasteiger charge is 2.11. The molecule has 0 spiro atoms. The summed E-state index contributed by atoms with van der Waals surface area (Å²) < 4.78 is 28.6. The maximum absolute atomic E-state index is 13.7. The number of carboxylic acids is 1. The van der Waals surface area contributed by atoms with Crippen molar-refractivity contribution < 1.29 is 18.7 Å². The van der Waals surface area contributed by atoms with Crippen molar-refractivity contribution in [3.05, 3.63) is 71.4 Å². The van der Waals surface area contributed by atoms with Crippen molar-refractivity contribution in [2.45, 2.75) is 6.54 Å². The Hall–Kier alpha value is -2.69. The maximum atomic E-state index is 13.7. The van der Waals surface area contributed by atoms with Crippen molar-refractivity contribution >= 4 is 16.9 Å². The average molecular weight is 287 g/mol. The number of aromatic nitrogens is 1. The van der Waals surface area contributed by atoms with E-state index >= 15 is 0 Å². The lowest BCUT2D eigenvalue weighted by molar-refractivity contribution is 0.0697. The summed E-state index contributed by atoms with van der Waals surface area (Å²) in [7, 11) is 0. The van der Waals surface area contributed by atoms with Crippen molar-refractivity contribution in [2.75, 3.05) is 0 Å². The number of rotatable bonds is 3. The number of aromatic carboxylic acids is 1. The first-order chi connectivity index (χ1) is 10.1. The number of hydrogen-bond donors (Lipinski definition) is 1. The van der Waals surface area contributed by atoms with Crippen LogP contribution >= 0.6 is 0 Å². The smallest absolute Gasteiger partial charge is 0.335 e. The zero-order valence-electron chi connectivity index (χ0n) is 10.9. The molecule has 3 aromatic rings. The molecule has 3 nitrogen and oxygen atoms in total. The third kappa shape index (κ3) is 2.38. The van der Waals surface area contributed by atoms with Gasteiger partial charge in [-0.3, -0.25) is 0 Å². The molecule has 0 saturated carbocycles. The van der Waals surface area contributed by atoms with Gasteiger partial charge in [0.1, 0.15) is 0 Å². The summed E-state index contributed by atoms with van der Waals surface area (Å²) in [5.74, 6) is -2.80. The minimum atomic E-state index is -1.03. The largest absolute Gasteiger partial charge is 0.478 e. The van der Waals surface area contributed by atoms with Crippen LogP contribution in [-0.2, 0) is 6.54 Å². The van der Waals surface area contributed by atoms with E-state index in [1.807, 2.05) is 0 Å². The first-order valence-corrected chi connectivity index (χ1v) is 6.31. The summed E-state index contributed by atoms with van der Waals surface area (Å²) in [5, 5.41) is 9.87. The van der Waals surface area contributed by atoms with Crippen LogP contribution in [0.1, 0.15) is 15.9 Å². The molecule has 0 unspecified atom stereocenters. The molecule has 0 aliphatic carbocycles.